The number of hydrogen-bond acceptors (Lipinski definition) is 6. The van der Waals surface area contributed by atoms with Crippen LogP contribution in [0.1, 0.15) is 16.1 Å². The third-order valence-corrected chi connectivity index (χ3v) is 6.00. The number of aromatic carboxylic acids is 1. The van der Waals surface area contributed by atoms with Crippen LogP contribution in [-0.2, 0) is 4.79 Å². The fraction of sp³-hybridized carbons (Fsp3) is 0. The van der Waals surface area contributed by atoms with E-state index in [2.05, 4.69) is 0 Å². The highest BCUT2D eigenvalue weighted by atomic mass is 35.5. The van der Waals surface area contributed by atoms with Gasteiger partial charge in [0.2, 0.25) is 0 Å². The van der Waals surface area contributed by atoms with Gasteiger partial charge in [-0.1, -0.05) is 34.8 Å². The molecule has 6 nitrogen and oxygen atoms in total. The molecule has 1 aliphatic heterocycles. The largest absolute Gasteiger partial charge is 0.545 e. The van der Waals surface area contributed by atoms with Crippen molar-refractivity contribution in [1.82, 2.24) is 0 Å². The van der Waals surface area contributed by atoms with Crippen LogP contribution in [-0.4, -0.2) is 17.0 Å². The Morgan fingerprint density at radius 3 is 2.48 bits per heavy atom. The van der Waals surface area contributed by atoms with Gasteiger partial charge in [-0.15, -0.1) is 0 Å². The van der Waals surface area contributed by atoms with Crippen molar-refractivity contribution in [3.05, 3.63) is 79.8 Å². The number of carbonyl (C=O) groups is 2. The van der Waals surface area contributed by atoms with Gasteiger partial charge in [0.15, 0.2) is 5.17 Å². The summed E-state index contributed by atoms with van der Waals surface area (Å²) in [5.41, 5.74) is 0.524. The van der Waals surface area contributed by atoms with E-state index in [0.29, 0.717) is 22.0 Å². The average Bonchev–Trinajstić information content (AvgIpc) is 3.27. The second-order valence-corrected chi connectivity index (χ2v) is 8.64. The Bertz CT molecular complexity index is 1290. The number of hydrogen-bond donors (Lipinski definition) is 1. The van der Waals surface area contributed by atoms with Crippen LogP contribution in [0.4, 0.5) is 5.69 Å². The van der Waals surface area contributed by atoms with E-state index < -0.39 is 11.9 Å². The minimum absolute atomic E-state index is 0.0239. The summed E-state index contributed by atoms with van der Waals surface area (Å²) in [6, 6.07) is 12.1. The van der Waals surface area contributed by atoms with E-state index in [0.717, 1.165) is 11.8 Å². The molecule has 2 heterocycles. The van der Waals surface area contributed by atoms with Crippen LogP contribution < -0.4 is 10.0 Å². The summed E-state index contributed by atoms with van der Waals surface area (Å²) in [5, 5.41) is 20.5. The van der Waals surface area contributed by atoms with Gasteiger partial charge in [0.25, 0.3) is 5.91 Å². The topological polar surface area (TPSA) is 97.4 Å². The zero-order chi connectivity index (χ0) is 22.3. The zero-order valence-corrected chi connectivity index (χ0v) is 18.4. The number of halogens is 3. The minimum Gasteiger partial charge on any atom is -0.545 e. The van der Waals surface area contributed by atoms with E-state index in [9.17, 15) is 14.7 Å². The number of benzene rings is 2. The number of nitrogens with one attached hydrogen (secondary N) is 1. The first kappa shape index (κ1) is 21.5. The lowest BCUT2D eigenvalue weighted by Crippen LogP contribution is -2.28. The number of amidine groups is 1. The molecule has 0 spiro atoms. The van der Waals surface area contributed by atoms with Crippen LogP contribution in [0.3, 0.4) is 0 Å². The monoisotopic (exact) mass is 491 g/mol. The molecule has 31 heavy (non-hydrogen) atoms. The highest BCUT2D eigenvalue weighted by Crippen LogP contribution is 2.39. The molecule has 1 aliphatic rings. The predicted octanol–water partition coefficient (Wildman–Crippen LogP) is 5.33. The Morgan fingerprint density at radius 1 is 1.06 bits per heavy atom. The fourth-order valence-corrected chi connectivity index (χ4v) is 4.47. The molecule has 1 fully saturated rings. The second kappa shape index (κ2) is 8.43. The number of carboxylic acid groups (broad SMARTS) is 1. The molecule has 156 valence electrons. The number of carboxylic acids is 1. The summed E-state index contributed by atoms with van der Waals surface area (Å²) in [6.45, 7) is 0. The molecule has 1 N–H and O–H groups in total. The molecular weight excluding hydrogens is 483 g/mol. The van der Waals surface area contributed by atoms with Gasteiger partial charge in [0, 0.05) is 27.2 Å². The number of anilines is 1. The summed E-state index contributed by atoms with van der Waals surface area (Å²) in [6.07, 6.45) is 1.48. The Kier molecular flexibility index (Phi) is 5.85. The zero-order valence-electron chi connectivity index (χ0n) is 15.3. The van der Waals surface area contributed by atoms with Gasteiger partial charge in [0.05, 0.1) is 21.6 Å². The number of amides is 1. The molecule has 1 amide bonds. The van der Waals surface area contributed by atoms with Gasteiger partial charge in [0.1, 0.15) is 11.5 Å². The van der Waals surface area contributed by atoms with Crippen LogP contribution in [0.15, 0.2) is 57.9 Å². The van der Waals surface area contributed by atoms with Gasteiger partial charge >= 0.3 is 0 Å². The Balaban J connectivity index is 1.65. The quantitative estimate of drug-likeness (QED) is 0.497. The predicted molar refractivity (Wildman–Crippen MR) is 121 cm³/mol. The lowest BCUT2D eigenvalue weighted by atomic mass is 10.1. The smallest absolute Gasteiger partial charge is 0.271 e. The molecule has 4 rings (SSSR count). The van der Waals surface area contributed by atoms with Crippen LogP contribution in [0, 0.1) is 5.41 Å². The highest BCUT2D eigenvalue weighted by molar-refractivity contribution is 8.19. The van der Waals surface area contributed by atoms with Crippen LogP contribution >= 0.6 is 46.6 Å². The molecule has 2 aromatic carbocycles. The first-order valence-corrected chi connectivity index (χ1v) is 10.6. The molecule has 1 aromatic heterocycles. The molecule has 1 saturated heterocycles. The van der Waals surface area contributed by atoms with Gasteiger partial charge in [-0.3, -0.25) is 15.1 Å². The first-order valence-electron chi connectivity index (χ1n) is 8.63. The lowest BCUT2D eigenvalue weighted by Gasteiger charge is -2.16. The van der Waals surface area contributed by atoms with E-state index in [1.807, 2.05) is 0 Å². The standard InChI is InChI=1S/C21H11Cl3N2O4S/c22-10-1-4-13(14(7-10)20(28)29)17-6-3-12(30-17)9-18-19(27)26(21(25)31-18)16-5-2-11(23)8-15(16)24/h1-9,25H,(H,28,29)/p-1/b18-9-,25-21?. The molecule has 0 atom stereocenters. The molecule has 3 aromatic rings. The lowest BCUT2D eigenvalue weighted by molar-refractivity contribution is -0.254. The van der Waals surface area contributed by atoms with Crippen molar-refractivity contribution in [3.63, 3.8) is 0 Å². The molecule has 10 heteroatoms. The fourth-order valence-electron chi connectivity index (χ4n) is 2.97. The number of thioether (sulfide) groups is 1. The number of furan rings is 1. The number of rotatable bonds is 4. The molecule has 0 radical (unpaired) electrons. The van der Waals surface area contributed by atoms with Crippen LogP contribution in [0.2, 0.25) is 15.1 Å². The van der Waals surface area contributed by atoms with Crippen molar-refractivity contribution in [2.24, 2.45) is 0 Å². The summed E-state index contributed by atoms with van der Waals surface area (Å²) in [7, 11) is 0. The van der Waals surface area contributed by atoms with Crippen molar-refractivity contribution in [2.45, 2.75) is 0 Å². The van der Waals surface area contributed by atoms with Crippen LogP contribution in [0.25, 0.3) is 17.4 Å². The SMILES string of the molecule is N=C1S/C(=C\c2ccc(-c3ccc(Cl)cc3C(=O)[O-])o2)C(=O)N1c1ccc(Cl)cc1Cl. The van der Waals surface area contributed by atoms with Crippen molar-refractivity contribution in [2.75, 3.05) is 4.90 Å². The van der Waals surface area contributed by atoms with E-state index >= 15 is 0 Å². The summed E-state index contributed by atoms with van der Waals surface area (Å²) in [4.78, 5) is 25.7. The molecule has 0 unspecified atom stereocenters. The summed E-state index contributed by atoms with van der Waals surface area (Å²) < 4.78 is 5.72. The second-order valence-electron chi connectivity index (χ2n) is 6.33. The third-order valence-electron chi connectivity index (χ3n) is 4.34. The van der Waals surface area contributed by atoms with E-state index in [1.165, 1.54) is 35.2 Å². The molecule has 0 bridgehead atoms. The van der Waals surface area contributed by atoms with E-state index in [1.54, 1.807) is 24.3 Å². The van der Waals surface area contributed by atoms with Crippen LogP contribution in [0.5, 0.6) is 0 Å². The maximum Gasteiger partial charge on any atom is 0.271 e. The summed E-state index contributed by atoms with van der Waals surface area (Å²) >= 11 is 18.9. The Morgan fingerprint density at radius 2 is 1.77 bits per heavy atom. The maximum absolute atomic E-state index is 12.9. The summed E-state index contributed by atoms with van der Waals surface area (Å²) in [5.74, 6) is -1.26. The maximum atomic E-state index is 12.9. The van der Waals surface area contributed by atoms with E-state index in [4.69, 9.17) is 44.6 Å². The van der Waals surface area contributed by atoms with E-state index in [-0.39, 0.29) is 31.4 Å². The van der Waals surface area contributed by atoms with Crippen molar-refractivity contribution in [1.29, 1.82) is 5.41 Å². The number of carbonyl (C=O) groups excluding carboxylic acids is 2. The third kappa shape index (κ3) is 4.22. The van der Waals surface area contributed by atoms with Gasteiger partial charge in [-0.25, -0.2) is 0 Å². The normalized spacial score (nSPS) is 15.2. The average molecular weight is 493 g/mol. The van der Waals surface area contributed by atoms with Gasteiger partial charge in [-0.2, -0.15) is 0 Å². The Labute approximate surface area is 195 Å². The first-order chi connectivity index (χ1) is 14.7. The van der Waals surface area contributed by atoms with Crippen molar-refractivity contribution in [3.8, 4) is 11.3 Å². The van der Waals surface area contributed by atoms with Gasteiger partial charge < -0.3 is 14.3 Å². The van der Waals surface area contributed by atoms with Crippen molar-refractivity contribution >= 4 is 75.4 Å². The highest BCUT2D eigenvalue weighted by Gasteiger charge is 2.35. The number of nitrogens with zero attached hydrogens (tertiary/aromatic N) is 1. The van der Waals surface area contributed by atoms with Crippen molar-refractivity contribution < 1.29 is 19.1 Å². The molecular formula is C21H10Cl3N2O4S-. The van der Waals surface area contributed by atoms with Gasteiger partial charge in [-0.05, 0) is 60.3 Å². The molecule has 0 saturated carbocycles. The minimum atomic E-state index is -1.39. The molecule has 0 aliphatic carbocycles. The Hall–Kier alpha value is -2.71.